The number of ether oxygens (including phenoxy) is 2. The van der Waals surface area contributed by atoms with Crippen LogP contribution >= 0.6 is 15.9 Å². The maximum atomic E-state index is 5.87. The third-order valence-electron chi connectivity index (χ3n) is 3.01. The molecule has 0 aliphatic rings. The van der Waals surface area contributed by atoms with Gasteiger partial charge in [-0.25, -0.2) is 0 Å². The van der Waals surface area contributed by atoms with Gasteiger partial charge in [0.2, 0.25) is 0 Å². The van der Waals surface area contributed by atoms with Crippen molar-refractivity contribution in [3.8, 4) is 11.5 Å². The van der Waals surface area contributed by atoms with Crippen LogP contribution in [-0.2, 0) is 6.61 Å². The van der Waals surface area contributed by atoms with Gasteiger partial charge < -0.3 is 15.2 Å². The van der Waals surface area contributed by atoms with E-state index in [2.05, 4.69) is 15.9 Å². The van der Waals surface area contributed by atoms with E-state index in [0.717, 1.165) is 27.1 Å². The quantitative estimate of drug-likeness (QED) is 0.896. The molecular weight excluding hydrogens is 318 g/mol. The molecule has 2 aromatic carbocycles. The fourth-order valence-electron chi connectivity index (χ4n) is 1.85. The molecule has 2 aromatic rings. The summed E-state index contributed by atoms with van der Waals surface area (Å²) in [5, 5.41) is 0. The molecule has 0 saturated heterocycles. The van der Waals surface area contributed by atoms with Crippen molar-refractivity contribution >= 4 is 15.9 Å². The van der Waals surface area contributed by atoms with E-state index in [1.54, 1.807) is 7.11 Å². The van der Waals surface area contributed by atoms with Crippen molar-refractivity contribution in [1.29, 1.82) is 0 Å². The van der Waals surface area contributed by atoms with Crippen molar-refractivity contribution in [2.45, 2.75) is 19.6 Å². The summed E-state index contributed by atoms with van der Waals surface area (Å²) >= 11 is 3.47. The van der Waals surface area contributed by atoms with Crippen LogP contribution in [0, 0.1) is 0 Å². The first-order valence-electron chi connectivity index (χ1n) is 6.41. The van der Waals surface area contributed by atoms with Crippen LogP contribution in [0.25, 0.3) is 0 Å². The minimum atomic E-state index is 0.00804. The highest BCUT2D eigenvalue weighted by Gasteiger charge is 2.04. The van der Waals surface area contributed by atoms with Crippen LogP contribution < -0.4 is 15.2 Å². The number of benzene rings is 2. The first-order valence-corrected chi connectivity index (χ1v) is 7.20. The highest BCUT2D eigenvalue weighted by atomic mass is 79.9. The van der Waals surface area contributed by atoms with Crippen molar-refractivity contribution in [3.05, 3.63) is 58.1 Å². The molecule has 20 heavy (non-hydrogen) atoms. The molecule has 0 aliphatic heterocycles. The molecule has 0 amide bonds. The maximum Gasteiger partial charge on any atom is 0.133 e. The maximum absolute atomic E-state index is 5.87. The average molecular weight is 336 g/mol. The van der Waals surface area contributed by atoms with E-state index in [1.807, 2.05) is 49.4 Å². The Morgan fingerprint density at radius 1 is 1.20 bits per heavy atom. The topological polar surface area (TPSA) is 44.5 Å². The Bertz CT molecular complexity index is 584. The van der Waals surface area contributed by atoms with Crippen LogP contribution in [0.5, 0.6) is 11.5 Å². The Kier molecular flexibility index (Phi) is 5.04. The lowest BCUT2D eigenvalue weighted by Crippen LogP contribution is -2.05. The Morgan fingerprint density at radius 2 is 2.00 bits per heavy atom. The first kappa shape index (κ1) is 14.9. The molecule has 0 saturated carbocycles. The summed E-state index contributed by atoms with van der Waals surface area (Å²) in [6.45, 7) is 2.46. The monoisotopic (exact) mass is 335 g/mol. The molecule has 0 fully saturated rings. The molecule has 0 aromatic heterocycles. The molecule has 0 unspecified atom stereocenters. The summed E-state index contributed by atoms with van der Waals surface area (Å²) in [5.41, 5.74) is 8.01. The second-order valence-corrected chi connectivity index (χ2v) is 5.47. The van der Waals surface area contributed by atoms with Crippen molar-refractivity contribution in [1.82, 2.24) is 0 Å². The zero-order valence-corrected chi connectivity index (χ0v) is 13.2. The summed E-state index contributed by atoms with van der Waals surface area (Å²) in [6.07, 6.45) is 0. The third-order valence-corrected chi connectivity index (χ3v) is 3.63. The third kappa shape index (κ3) is 3.74. The first-order chi connectivity index (χ1) is 9.60. The molecule has 0 radical (unpaired) electrons. The smallest absolute Gasteiger partial charge is 0.133 e. The lowest BCUT2D eigenvalue weighted by Gasteiger charge is -2.11. The van der Waals surface area contributed by atoms with Crippen LogP contribution in [-0.4, -0.2) is 7.11 Å². The van der Waals surface area contributed by atoms with Gasteiger partial charge in [-0.05, 0) is 58.2 Å². The molecule has 2 N–H and O–H groups in total. The van der Waals surface area contributed by atoms with Gasteiger partial charge in [0.1, 0.15) is 18.1 Å². The standard InChI is InChI=1S/C16H18BrNO2/c1-11(18)13-4-3-5-14(9-13)20-10-12-6-7-16(19-2)15(17)8-12/h3-9,11H,10,18H2,1-2H3/t11-/m1/s1. The van der Waals surface area contributed by atoms with Crippen LogP contribution in [0.4, 0.5) is 0 Å². The normalized spacial score (nSPS) is 12.0. The van der Waals surface area contributed by atoms with E-state index < -0.39 is 0 Å². The predicted octanol–water partition coefficient (Wildman–Crippen LogP) is 4.06. The zero-order chi connectivity index (χ0) is 14.5. The molecular formula is C16H18BrNO2. The van der Waals surface area contributed by atoms with Gasteiger partial charge in [-0.2, -0.15) is 0 Å². The lowest BCUT2D eigenvalue weighted by molar-refractivity contribution is 0.305. The number of hydrogen-bond donors (Lipinski definition) is 1. The zero-order valence-electron chi connectivity index (χ0n) is 11.6. The second kappa shape index (κ2) is 6.77. The molecule has 3 nitrogen and oxygen atoms in total. The molecule has 0 aliphatic carbocycles. The van der Waals surface area contributed by atoms with E-state index in [1.165, 1.54) is 0 Å². The molecule has 1 atom stereocenters. The van der Waals surface area contributed by atoms with Crippen molar-refractivity contribution in [2.24, 2.45) is 5.73 Å². The summed E-state index contributed by atoms with van der Waals surface area (Å²) < 4.78 is 11.9. The largest absolute Gasteiger partial charge is 0.496 e. The van der Waals surface area contributed by atoms with Gasteiger partial charge in [-0.15, -0.1) is 0 Å². The van der Waals surface area contributed by atoms with Gasteiger partial charge >= 0.3 is 0 Å². The summed E-state index contributed by atoms with van der Waals surface area (Å²) in [6, 6.07) is 13.8. The number of nitrogens with two attached hydrogens (primary N) is 1. The Labute approximate surface area is 127 Å². The van der Waals surface area contributed by atoms with E-state index >= 15 is 0 Å². The summed E-state index contributed by atoms with van der Waals surface area (Å²) in [4.78, 5) is 0. The number of rotatable bonds is 5. The van der Waals surface area contributed by atoms with Gasteiger partial charge in [0.15, 0.2) is 0 Å². The molecule has 2 rings (SSSR count). The number of halogens is 1. The van der Waals surface area contributed by atoms with Crippen LogP contribution in [0.2, 0.25) is 0 Å². The van der Waals surface area contributed by atoms with Gasteiger partial charge in [0.25, 0.3) is 0 Å². The molecule has 0 spiro atoms. The fourth-order valence-corrected chi connectivity index (χ4v) is 2.44. The molecule has 0 heterocycles. The second-order valence-electron chi connectivity index (χ2n) is 4.62. The fraction of sp³-hybridized carbons (Fsp3) is 0.250. The Morgan fingerprint density at radius 3 is 2.65 bits per heavy atom. The SMILES string of the molecule is COc1ccc(COc2cccc([C@@H](C)N)c2)cc1Br. The van der Waals surface area contributed by atoms with Crippen LogP contribution in [0.1, 0.15) is 24.1 Å². The van der Waals surface area contributed by atoms with Crippen molar-refractivity contribution in [3.63, 3.8) is 0 Å². The van der Waals surface area contributed by atoms with Gasteiger partial charge in [0, 0.05) is 6.04 Å². The lowest BCUT2D eigenvalue weighted by atomic mass is 10.1. The van der Waals surface area contributed by atoms with Gasteiger partial charge in [-0.3, -0.25) is 0 Å². The Hall–Kier alpha value is -1.52. The van der Waals surface area contributed by atoms with E-state index in [0.29, 0.717) is 6.61 Å². The molecule has 106 valence electrons. The number of methoxy groups -OCH3 is 1. The average Bonchev–Trinajstić information content (AvgIpc) is 2.45. The molecule has 4 heteroatoms. The van der Waals surface area contributed by atoms with Crippen LogP contribution in [0.3, 0.4) is 0 Å². The minimum Gasteiger partial charge on any atom is -0.496 e. The predicted molar refractivity (Wildman–Crippen MR) is 84.1 cm³/mol. The van der Waals surface area contributed by atoms with Gasteiger partial charge in [-0.1, -0.05) is 18.2 Å². The van der Waals surface area contributed by atoms with Crippen molar-refractivity contribution < 1.29 is 9.47 Å². The summed E-state index contributed by atoms with van der Waals surface area (Å²) in [7, 11) is 1.65. The van der Waals surface area contributed by atoms with E-state index in [-0.39, 0.29) is 6.04 Å². The van der Waals surface area contributed by atoms with Gasteiger partial charge in [0.05, 0.1) is 11.6 Å². The van der Waals surface area contributed by atoms with Crippen molar-refractivity contribution in [2.75, 3.05) is 7.11 Å². The minimum absolute atomic E-state index is 0.00804. The van der Waals surface area contributed by atoms with Crippen LogP contribution in [0.15, 0.2) is 46.9 Å². The summed E-state index contributed by atoms with van der Waals surface area (Å²) in [5.74, 6) is 1.64. The number of hydrogen-bond acceptors (Lipinski definition) is 3. The molecule has 0 bridgehead atoms. The highest BCUT2D eigenvalue weighted by molar-refractivity contribution is 9.10. The highest BCUT2D eigenvalue weighted by Crippen LogP contribution is 2.26. The van der Waals surface area contributed by atoms with E-state index in [9.17, 15) is 0 Å². The Balaban J connectivity index is 2.05. The van der Waals surface area contributed by atoms with E-state index in [4.69, 9.17) is 15.2 Å².